The first-order chi connectivity index (χ1) is 16.3. The van der Waals surface area contributed by atoms with Crippen molar-refractivity contribution >= 4 is 23.8 Å². The number of aliphatic carboxylic acids is 1. The molecule has 34 heavy (non-hydrogen) atoms. The minimum atomic E-state index is -1.09. The maximum atomic E-state index is 12.7. The molecule has 1 unspecified atom stereocenters. The molecule has 2 amide bonds. The van der Waals surface area contributed by atoms with Crippen molar-refractivity contribution in [2.24, 2.45) is 7.05 Å². The molecule has 3 aromatic rings. The van der Waals surface area contributed by atoms with Crippen molar-refractivity contribution in [2.75, 3.05) is 11.9 Å². The monoisotopic (exact) mass is 462 g/mol. The smallest absolute Gasteiger partial charge is 0.407 e. The maximum absolute atomic E-state index is 12.7. The number of hydrogen-bond acceptors (Lipinski definition) is 5. The third-order valence-corrected chi connectivity index (χ3v) is 5.96. The molecular formula is C25H26N4O5. The van der Waals surface area contributed by atoms with Gasteiger partial charge in [-0.3, -0.25) is 14.3 Å². The van der Waals surface area contributed by atoms with Gasteiger partial charge in [-0.15, -0.1) is 0 Å². The second-order valence-electron chi connectivity index (χ2n) is 8.24. The molecule has 0 saturated heterocycles. The molecule has 0 radical (unpaired) electrons. The van der Waals surface area contributed by atoms with Crippen LogP contribution in [0.5, 0.6) is 0 Å². The largest absolute Gasteiger partial charge is 0.481 e. The number of carbonyl (C=O) groups excluding carboxylic acids is 2. The minimum Gasteiger partial charge on any atom is -0.481 e. The summed E-state index contributed by atoms with van der Waals surface area (Å²) in [5.74, 6) is -1.44. The number of rotatable bonds is 8. The van der Waals surface area contributed by atoms with Gasteiger partial charge in [0.25, 0.3) is 0 Å². The highest BCUT2D eigenvalue weighted by atomic mass is 16.5. The number of fused-ring (bicyclic) bond motifs is 3. The zero-order valence-electron chi connectivity index (χ0n) is 18.9. The van der Waals surface area contributed by atoms with E-state index in [2.05, 4.69) is 15.7 Å². The molecule has 176 valence electrons. The topological polar surface area (TPSA) is 123 Å². The number of benzene rings is 2. The van der Waals surface area contributed by atoms with E-state index in [1.165, 1.54) is 0 Å². The quantitative estimate of drug-likeness (QED) is 0.471. The van der Waals surface area contributed by atoms with E-state index >= 15 is 0 Å². The van der Waals surface area contributed by atoms with E-state index in [9.17, 15) is 14.4 Å². The Bertz CT molecular complexity index is 1170. The molecule has 1 aliphatic carbocycles. The van der Waals surface area contributed by atoms with Gasteiger partial charge in [0.2, 0.25) is 5.91 Å². The molecule has 0 bridgehead atoms. The lowest BCUT2D eigenvalue weighted by Crippen LogP contribution is -2.44. The summed E-state index contributed by atoms with van der Waals surface area (Å²) < 4.78 is 7.10. The van der Waals surface area contributed by atoms with Crippen LogP contribution in [0.15, 0.2) is 54.6 Å². The molecule has 1 heterocycles. The zero-order valence-corrected chi connectivity index (χ0v) is 18.9. The van der Waals surface area contributed by atoms with Crippen molar-refractivity contribution in [1.29, 1.82) is 0 Å². The average Bonchev–Trinajstić information content (AvgIpc) is 3.30. The molecule has 1 aliphatic rings. The number of alkyl carbamates (subject to hydrolysis) is 1. The molecule has 0 aliphatic heterocycles. The van der Waals surface area contributed by atoms with Gasteiger partial charge in [-0.2, -0.15) is 5.10 Å². The number of hydrogen-bond donors (Lipinski definition) is 3. The Labute approximate surface area is 196 Å². The third-order valence-electron chi connectivity index (χ3n) is 5.96. The van der Waals surface area contributed by atoms with Gasteiger partial charge in [0.05, 0.1) is 0 Å². The summed E-state index contributed by atoms with van der Waals surface area (Å²) in [4.78, 5) is 36.4. The Morgan fingerprint density at radius 2 is 1.71 bits per heavy atom. The average molecular weight is 463 g/mol. The lowest BCUT2D eigenvalue weighted by molar-refractivity contribution is -0.137. The van der Waals surface area contributed by atoms with Gasteiger partial charge >= 0.3 is 12.1 Å². The molecule has 2 aromatic carbocycles. The van der Waals surface area contributed by atoms with Gasteiger partial charge in [0.1, 0.15) is 12.6 Å². The maximum Gasteiger partial charge on any atom is 0.407 e. The molecule has 0 saturated carbocycles. The first kappa shape index (κ1) is 23.0. The normalized spacial score (nSPS) is 13.0. The van der Waals surface area contributed by atoms with Crippen LogP contribution in [0, 0.1) is 6.92 Å². The Morgan fingerprint density at radius 3 is 2.26 bits per heavy atom. The lowest BCUT2D eigenvalue weighted by atomic mass is 9.98. The highest BCUT2D eigenvalue weighted by molar-refractivity contribution is 5.96. The number of aromatic nitrogens is 2. The summed E-state index contributed by atoms with van der Waals surface area (Å²) >= 11 is 0. The first-order valence-electron chi connectivity index (χ1n) is 11.0. The third kappa shape index (κ3) is 4.93. The molecular weight excluding hydrogens is 436 g/mol. The summed E-state index contributed by atoms with van der Waals surface area (Å²) in [5, 5.41) is 18.3. The molecule has 3 N–H and O–H groups in total. The van der Waals surface area contributed by atoms with Crippen LogP contribution in [-0.4, -0.2) is 45.5 Å². The van der Waals surface area contributed by atoms with Gasteiger partial charge in [0.15, 0.2) is 5.82 Å². The number of carbonyl (C=O) groups is 3. The van der Waals surface area contributed by atoms with E-state index in [0.29, 0.717) is 5.82 Å². The molecule has 0 spiro atoms. The summed E-state index contributed by atoms with van der Waals surface area (Å²) in [7, 11) is 1.74. The van der Waals surface area contributed by atoms with Gasteiger partial charge in [0, 0.05) is 31.1 Å². The number of nitrogens with zero attached hydrogens (tertiary/aromatic N) is 2. The highest BCUT2D eigenvalue weighted by Crippen LogP contribution is 2.44. The number of amides is 2. The van der Waals surface area contributed by atoms with Crippen LogP contribution in [-0.2, 0) is 21.4 Å². The Hall–Kier alpha value is -4.14. The predicted octanol–water partition coefficient (Wildman–Crippen LogP) is 3.44. The van der Waals surface area contributed by atoms with Crippen LogP contribution in [0.3, 0.4) is 0 Å². The van der Waals surface area contributed by atoms with E-state index < -0.39 is 24.0 Å². The second-order valence-corrected chi connectivity index (χ2v) is 8.24. The molecule has 9 heteroatoms. The second kappa shape index (κ2) is 9.78. The van der Waals surface area contributed by atoms with E-state index in [1.54, 1.807) is 17.8 Å². The van der Waals surface area contributed by atoms with Crippen molar-refractivity contribution in [2.45, 2.75) is 31.7 Å². The van der Waals surface area contributed by atoms with E-state index in [1.807, 2.05) is 55.5 Å². The van der Waals surface area contributed by atoms with Crippen molar-refractivity contribution in [1.82, 2.24) is 15.1 Å². The van der Waals surface area contributed by atoms with Crippen LogP contribution in [0.4, 0.5) is 10.6 Å². The molecule has 0 fully saturated rings. The molecule has 4 rings (SSSR count). The van der Waals surface area contributed by atoms with Crippen LogP contribution in [0.1, 0.15) is 35.6 Å². The van der Waals surface area contributed by atoms with Crippen LogP contribution in [0.25, 0.3) is 11.1 Å². The fourth-order valence-corrected chi connectivity index (χ4v) is 4.15. The number of nitrogens with one attached hydrogen (secondary N) is 2. The Morgan fingerprint density at radius 1 is 1.09 bits per heavy atom. The number of aryl methyl sites for hydroxylation is 2. The Balaban J connectivity index is 1.42. The summed E-state index contributed by atoms with van der Waals surface area (Å²) in [6.45, 7) is 1.92. The predicted molar refractivity (Wildman–Crippen MR) is 125 cm³/mol. The summed E-state index contributed by atoms with van der Waals surface area (Å²) in [6.07, 6.45) is -1.16. The van der Waals surface area contributed by atoms with Crippen molar-refractivity contribution < 1.29 is 24.2 Å². The van der Waals surface area contributed by atoms with Crippen LogP contribution in [0.2, 0.25) is 0 Å². The van der Waals surface area contributed by atoms with Gasteiger partial charge < -0.3 is 20.5 Å². The molecule has 9 nitrogen and oxygen atoms in total. The van der Waals surface area contributed by atoms with Gasteiger partial charge in [-0.25, -0.2) is 4.79 Å². The highest BCUT2D eigenvalue weighted by Gasteiger charge is 2.30. The molecule has 1 aromatic heterocycles. The van der Waals surface area contributed by atoms with Crippen LogP contribution >= 0.6 is 0 Å². The SMILES string of the molecule is Cc1cc(NC(=O)C(CCC(=O)O)NC(=O)OCC2c3ccccc3-c3ccccc32)nn1C. The van der Waals surface area contributed by atoms with Gasteiger partial charge in [-0.05, 0) is 35.6 Å². The van der Waals surface area contributed by atoms with Gasteiger partial charge in [-0.1, -0.05) is 48.5 Å². The minimum absolute atomic E-state index is 0.0861. The number of ether oxygens (including phenoxy) is 1. The standard InChI is InChI=1S/C25H26N4O5/c1-15-13-22(28-29(15)2)27-24(32)21(11-12-23(30)31)26-25(33)34-14-20-18-9-5-3-7-16(18)17-8-4-6-10-19(17)20/h3-10,13,20-21H,11-12,14H2,1-2H3,(H,26,33)(H,30,31)(H,27,28,32). The number of anilines is 1. The number of carboxylic acid groups (broad SMARTS) is 1. The fourth-order valence-electron chi connectivity index (χ4n) is 4.15. The summed E-state index contributed by atoms with van der Waals surface area (Å²) in [5.41, 5.74) is 5.19. The van der Waals surface area contributed by atoms with E-state index in [0.717, 1.165) is 27.9 Å². The van der Waals surface area contributed by atoms with Crippen LogP contribution < -0.4 is 10.6 Å². The zero-order chi connectivity index (χ0) is 24.2. The van der Waals surface area contributed by atoms with E-state index in [4.69, 9.17) is 9.84 Å². The lowest BCUT2D eigenvalue weighted by Gasteiger charge is -2.19. The Kier molecular flexibility index (Phi) is 6.62. The van der Waals surface area contributed by atoms with E-state index in [-0.39, 0.29) is 25.4 Å². The molecule has 1 atom stereocenters. The fraction of sp³-hybridized carbons (Fsp3) is 0.280. The first-order valence-corrected chi connectivity index (χ1v) is 11.0. The number of carboxylic acids is 1. The van der Waals surface area contributed by atoms with Crippen molar-refractivity contribution in [3.63, 3.8) is 0 Å². The van der Waals surface area contributed by atoms with Crippen molar-refractivity contribution in [3.8, 4) is 11.1 Å². The summed E-state index contributed by atoms with van der Waals surface area (Å²) in [6, 6.07) is 16.5. The van der Waals surface area contributed by atoms with Crippen molar-refractivity contribution in [3.05, 3.63) is 71.4 Å².